The van der Waals surface area contributed by atoms with Crippen LogP contribution in [0.5, 0.6) is 0 Å². The first-order valence-electron chi connectivity index (χ1n) is 4.94. The van der Waals surface area contributed by atoms with Gasteiger partial charge in [0.15, 0.2) is 12.1 Å². The van der Waals surface area contributed by atoms with Gasteiger partial charge in [-0.2, -0.15) is 0 Å². The summed E-state index contributed by atoms with van der Waals surface area (Å²) in [6.07, 6.45) is -4.10. The molecule has 0 saturated carbocycles. The molecule has 0 spiro atoms. The minimum absolute atomic E-state index is 0.0123. The lowest BCUT2D eigenvalue weighted by molar-refractivity contribution is -0.287. The first kappa shape index (κ1) is 13.2. The van der Waals surface area contributed by atoms with E-state index in [0.717, 1.165) is 0 Å². The molecule has 1 aliphatic heterocycles. The van der Waals surface area contributed by atoms with Crippen molar-refractivity contribution in [3.05, 3.63) is 0 Å². The molecule has 1 aliphatic rings. The number of alkyl halides is 2. The highest BCUT2D eigenvalue weighted by atomic mass is 19.3. The first-order chi connectivity index (χ1) is 7.35. The van der Waals surface area contributed by atoms with E-state index >= 15 is 0 Å². The number of ketones is 1. The fourth-order valence-electron chi connectivity index (χ4n) is 1.61. The summed E-state index contributed by atoms with van der Waals surface area (Å²) in [4.78, 5) is 21.6. The van der Waals surface area contributed by atoms with Crippen LogP contribution < -0.4 is 0 Å². The van der Waals surface area contributed by atoms with Crippen molar-refractivity contribution in [1.29, 1.82) is 0 Å². The number of ether oxygens (including phenoxy) is 2. The average molecular weight is 236 g/mol. The maximum Gasteiger partial charge on any atom is 0.239 e. The zero-order valence-corrected chi connectivity index (χ0v) is 9.11. The van der Waals surface area contributed by atoms with Gasteiger partial charge in [0.1, 0.15) is 6.10 Å². The molecule has 1 heterocycles. The smallest absolute Gasteiger partial charge is 0.239 e. The summed E-state index contributed by atoms with van der Waals surface area (Å²) in [6, 6.07) is 0. The molecule has 16 heavy (non-hydrogen) atoms. The van der Waals surface area contributed by atoms with Gasteiger partial charge < -0.3 is 9.47 Å². The molecule has 0 bridgehead atoms. The van der Waals surface area contributed by atoms with Crippen LogP contribution in [0.2, 0.25) is 0 Å². The zero-order chi connectivity index (χ0) is 12.3. The Hall–Kier alpha value is -0.880. The van der Waals surface area contributed by atoms with Crippen molar-refractivity contribution in [2.45, 2.75) is 38.6 Å². The molecular weight excluding hydrogens is 222 g/mol. The van der Waals surface area contributed by atoms with E-state index in [0.29, 0.717) is 0 Å². The van der Waals surface area contributed by atoms with Gasteiger partial charge in [-0.15, -0.1) is 0 Å². The molecule has 2 unspecified atom stereocenters. The van der Waals surface area contributed by atoms with Gasteiger partial charge in [0.2, 0.25) is 12.2 Å². The molecule has 0 aromatic rings. The third kappa shape index (κ3) is 3.31. The SMILES string of the molecule is CC1(C)OCC(CC(F)F)C(C(=O)C=O)O1. The van der Waals surface area contributed by atoms with Crippen molar-refractivity contribution < 1.29 is 27.8 Å². The van der Waals surface area contributed by atoms with E-state index in [-0.39, 0.29) is 12.9 Å². The van der Waals surface area contributed by atoms with Crippen LogP contribution in [0.4, 0.5) is 8.78 Å². The number of rotatable bonds is 4. The Bertz CT molecular complexity index is 278. The molecule has 92 valence electrons. The topological polar surface area (TPSA) is 52.6 Å². The second-order valence-electron chi connectivity index (χ2n) is 4.16. The van der Waals surface area contributed by atoms with Gasteiger partial charge in [0.05, 0.1) is 6.61 Å². The van der Waals surface area contributed by atoms with E-state index in [1.54, 1.807) is 13.8 Å². The number of hydrogen-bond donors (Lipinski definition) is 0. The fraction of sp³-hybridized carbons (Fsp3) is 0.800. The number of Topliss-reactive ketones (excluding diaryl/α,β-unsaturated/α-hetero) is 1. The standard InChI is InChI=1S/C10H14F2O4/c1-10(2)15-5-6(3-8(11)12)9(16-10)7(14)4-13/h4,6,8-9H,3,5H2,1-2H3. The highest BCUT2D eigenvalue weighted by Crippen LogP contribution is 2.29. The highest BCUT2D eigenvalue weighted by Gasteiger charge is 2.41. The van der Waals surface area contributed by atoms with Crippen molar-refractivity contribution in [3.8, 4) is 0 Å². The highest BCUT2D eigenvalue weighted by molar-refractivity contribution is 6.27. The van der Waals surface area contributed by atoms with Gasteiger partial charge in [0, 0.05) is 12.3 Å². The Morgan fingerprint density at radius 1 is 1.56 bits per heavy atom. The molecule has 1 rings (SSSR count). The van der Waals surface area contributed by atoms with Crippen molar-refractivity contribution in [3.63, 3.8) is 0 Å². The lowest BCUT2D eigenvalue weighted by Gasteiger charge is -2.39. The molecule has 1 saturated heterocycles. The number of carbonyl (C=O) groups excluding carboxylic acids is 2. The molecule has 2 atom stereocenters. The predicted molar refractivity (Wildman–Crippen MR) is 50.1 cm³/mol. The number of hydrogen-bond acceptors (Lipinski definition) is 4. The van der Waals surface area contributed by atoms with Crippen LogP contribution in [0.3, 0.4) is 0 Å². The van der Waals surface area contributed by atoms with Crippen LogP contribution in [0, 0.1) is 5.92 Å². The fourth-order valence-corrected chi connectivity index (χ4v) is 1.61. The van der Waals surface area contributed by atoms with E-state index in [1.165, 1.54) is 0 Å². The maximum atomic E-state index is 12.2. The maximum absolute atomic E-state index is 12.2. The van der Waals surface area contributed by atoms with Crippen LogP contribution in [-0.2, 0) is 19.1 Å². The molecule has 4 nitrogen and oxygen atoms in total. The lowest BCUT2D eigenvalue weighted by Crippen LogP contribution is -2.50. The molecule has 6 heteroatoms. The van der Waals surface area contributed by atoms with Crippen LogP contribution in [-0.4, -0.2) is 37.0 Å². The van der Waals surface area contributed by atoms with Crippen LogP contribution in [0.25, 0.3) is 0 Å². The molecule has 0 radical (unpaired) electrons. The molecule has 0 N–H and O–H groups in total. The van der Waals surface area contributed by atoms with Crippen molar-refractivity contribution >= 4 is 12.1 Å². The molecular formula is C10H14F2O4. The largest absolute Gasteiger partial charge is 0.350 e. The van der Waals surface area contributed by atoms with E-state index in [1.807, 2.05) is 0 Å². The number of aldehydes is 1. The van der Waals surface area contributed by atoms with Crippen molar-refractivity contribution in [1.82, 2.24) is 0 Å². The Morgan fingerprint density at radius 3 is 2.69 bits per heavy atom. The Balaban J connectivity index is 2.75. The molecule has 0 aromatic carbocycles. The van der Waals surface area contributed by atoms with Gasteiger partial charge in [-0.1, -0.05) is 0 Å². The lowest BCUT2D eigenvalue weighted by atomic mass is 9.95. The predicted octanol–water partition coefficient (Wildman–Crippen LogP) is 1.18. The zero-order valence-electron chi connectivity index (χ0n) is 9.11. The van der Waals surface area contributed by atoms with E-state index in [9.17, 15) is 18.4 Å². The molecule has 0 aromatic heterocycles. The molecule has 0 amide bonds. The third-order valence-corrected chi connectivity index (χ3v) is 2.36. The summed E-state index contributed by atoms with van der Waals surface area (Å²) in [5.74, 6) is -2.62. The Morgan fingerprint density at radius 2 is 2.19 bits per heavy atom. The van der Waals surface area contributed by atoms with E-state index in [2.05, 4.69) is 0 Å². The summed E-state index contributed by atoms with van der Waals surface area (Å²) < 4.78 is 34.9. The Labute approximate surface area is 91.9 Å². The second kappa shape index (κ2) is 4.97. The average Bonchev–Trinajstić information content (AvgIpc) is 2.18. The molecule has 0 aliphatic carbocycles. The van der Waals surface area contributed by atoms with Crippen molar-refractivity contribution in [2.75, 3.05) is 6.61 Å². The van der Waals surface area contributed by atoms with E-state index in [4.69, 9.17) is 9.47 Å². The summed E-state index contributed by atoms with van der Waals surface area (Å²) in [7, 11) is 0. The minimum Gasteiger partial charge on any atom is -0.350 e. The van der Waals surface area contributed by atoms with Gasteiger partial charge in [0.25, 0.3) is 0 Å². The third-order valence-electron chi connectivity index (χ3n) is 2.36. The minimum atomic E-state index is -2.56. The van der Waals surface area contributed by atoms with Gasteiger partial charge >= 0.3 is 0 Å². The van der Waals surface area contributed by atoms with Crippen LogP contribution in [0.15, 0.2) is 0 Å². The summed E-state index contributed by atoms with van der Waals surface area (Å²) in [5, 5.41) is 0. The summed E-state index contributed by atoms with van der Waals surface area (Å²) in [5.41, 5.74) is 0. The second-order valence-corrected chi connectivity index (χ2v) is 4.16. The number of carbonyl (C=O) groups is 2. The van der Waals surface area contributed by atoms with Gasteiger partial charge in [-0.05, 0) is 13.8 Å². The summed E-state index contributed by atoms with van der Waals surface area (Å²) in [6.45, 7) is 3.12. The number of halogens is 2. The van der Waals surface area contributed by atoms with E-state index < -0.39 is 36.4 Å². The Kier molecular flexibility index (Phi) is 4.09. The summed E-state index contributed by atoms with van der Waals surface area (Å²) >= 11 is 0. The van der Waals surface area contributed by atoms with Crippen molar-refractivity contribution in [2.24, 2.45) is 5.92 Å². The van der Waals surface area contributed by atoms with Gasteiger partial charge in [-0.3, -0.25) is 9.59 Å². The van der Waals surface area contributed by atoms with Gasteiger partial charge in [-0.25, -0.2) is 8.78 Å². The quantitative estimate of drug-likeness (QED) is 0.543. The van der Waals surface area contributed by atoms with Crippen LogP contribution in [0.1, 0.15) is 20.3 Å². The normalized spacial score (nSPS) is 29.1. The molecule has 1 fully saturated rings. The van der Waals surface area contributed by atoms with Crippen LogP contribution >= 0.6 is 0 Å². The monoisotopic (exact) mass is 236 g/mol. The first-order valence-corrected chi connectivity index (χ1v) is 4.94.